The number of nitrogens with zero attached hydrogens (tertiary/aromatic N) is 2. The van der Waals surface area contributed by atoms with E-state index in [1.807, 2.05) is 14.0 Å². The van der Waals surface area contributed by atoms with Crippen LogP contribution in [0.5, 0.6) is 0 Å². The lowest BCUT2D eigenvalue weighted by Gasteiger charge is -2.27. The van der Waals surface area contributed by atoms with Crippen molar-refractivity contribution in [2.24, 2.45) is 5.92 Å². The first kappa shape index (κ1) is 13.0. The number of carbonyl (C=O) groups is 1. The molecule has 16 heavy (non-hydrogen) atoms. The van der Waals surface area contributed by atoms with Gasteiger partial charge in [-0.05, 0) is 19.8 Å². The molecular weight excluding hydrogens is 200 g/mol. The highest BCUT2D eigenvalue weighted by Gasteiger charge is 2.25. The van der Waals surface area contributed by atoms with Crippen molar-refractivity contribution in [2.75, 3.05) is 7.05 Å². The van der Waals surface area contributed by atoms with Crippen LogP contribution in [-0.4, -0.2) is 23.9 Å². The zero-order valence-electron chi connectivity index (χ0n) is 10.4. The van der Waals surface area contributed by atoms with Crippen LogP contribution in [0, 0.1) is 17.2 Å². The van der Waals surface area contributed by atoms with Crippen molar-refractivity contribution in [1.82, 2.24) is 4.90 Å². The number of rotatable bonds is 3. The van der Waals surface area contributed by atoms with Crippen LogP contribution in [0.15, 0.2) is 0 Å². The summed E-state index contributed by atoms with van der Waals surface area (Å²) in [6.45, 7) is 1.94. The lowest BCUT2D eigenvalue weighted by Crippen LogP contribution is -2.39. The molecule has 0 bridgehead atoms. The van der Waals surface area contributed by atoms with E-state index in [0.717, 1.165) is 12.8 Å². The Kier molecular flexibility index (Phi) is 5.31. The maximum atomic E-state index is 12.2. The van der Waals surface area contributed by atoms with Gasteiger partial charge in [-0.15, -0.1) is 0 Å². The van der Waals surface area contributed by atoms with E-state index in [4.69, 9.17) is 5.26 Å². The van der Waals surface area contributed by atoms with Crippen molar-refractivity contribution in [1.29, 1.82) is 5.26 Å². The quantitative estimate of drug-likeness (QED) is 0.689. The summed E-state index contributed by atoms with van der Waals surface area (Å²) in [4.78, 5) is 13.9. The Hall–Kier alpha value is -1.04. The average Bonchev–Trinajstić information content (AvgIpc) is 2.56. The monoisotopic (exact) mass is 222 g/mol. The molecule has 0 spiro atoms. The second-order valence-corrected chi connectivity index (χ2v) is 4.85. The Labute approximate surface area is 98.4 Å². The molecule has 1 aliphatic carbocycles. The summed E-state index contributed by atoms with van der Waals surface area (Å²) >= 11 is 0. The molecule has 1 fully saturated rings. The van der Waals surface area contributed by atoms with Crippen LogP contribution >= 0.6 is 0 Å². The second kappa shape index (κ2) is 6.52. The second-order valence-electron chi connectivity index (χ2n) is 4.85. The van der Waals surface area contributed by atoms with Gasteiger partial charge in [0.05, 0.1) is 12.5 Å². The molecule has 1 unspecified atom stereocenters. The first-order valence-corrected chi connectivity index (χ1v) is 6.30. The molecule has 0 N–H and O–H groups in total. The lowest BCUT2D eigenvalue weighted by atomic mass is 9.98. The van der Waals surface area contributed by atoms with Crippen LogP contribution < -0.4 is 0 Å². The highest BCUT2D eigenvalue weighted by molar-refractivity contribution is 5.78. The summed E-state index contributed by atoms with van der Waals surface area (Å²) in [5.41, 5.74) is 0. The molecule has 0 aliphatic heterocycles. The molecule has 3 heteroatoms. The normalized spacial score (nSPS) is 19.6. The number of amides is 1. The Bertz CT molecular complexity index is 262. The van der Waals surface area contributed by atoms with Crippen LogP contribution in [0.4, 0.5) is 0 Å². The molecule has 1 saturated carbocycles. The summed E-state index contributed by atoms with van der Waals surface area (Å²) in [6.07, 6.45) is 7.37. The predicted molar refractivity (Wildman–Crippen MR) is 63.7 cm³/mol. The Morgan fingerprint density at radius 3 is 2.44 bits per heavy atom. The van der Waals surface area contributed by atoms with Crippen LogP contribution in [0.25, 0.3) is 0 Å². The van der Waals surface area contributed by atoms with E-state index in [0.29, 0.717) is 6.42 Å². The van der Waals surface area contributed by atoms with Gasteiger partial charge in [0.1, 0.15) is 0 Å². The lowest BCUT2D eigenvalue weighted by molar-refractivity contribution is -0.136. The topological polar surface area (TPSA) is 44.1 Å². The third kappa shape index (κ3) is 3.52. The van der Waals surface area contributed by atoms with Crippen molar-refractivity contribution >= 4 is 5.91 Å². The van der Waals surface area contributed by atoms with Gasteiger partial charge in [-0.1, -0.05) is 25.7 Å². The molecule has 1 aliphatic rings. The first-order chi connectivity index (χ1) is 7.66. The van der Waals surface area contributed by atoms with Crippen molar-refractivity contribution in [3.8, 4) is 6.07 Å². The molecule has 0 radical (unpaired) electrons. The molecule has 1 atom stereocenters. The van der Waals surface area contributed by atoms with Crippen LogP contribution in [0.3, 0.4) is 0 Å². The molecule has 0 saturated heterocycles. The number of hydrogen-bond acceptors (Lipinski definition) is 2. The van der Waals surface area contributed by atoms with E-state index in [1.54, 1.807) is 4.90 Å². The van der Waals surface area contributed by atoms with Gasteiger partial charge in [0, 0.05) is 19.0 Å². The van der Waals surface area contributed by atoms with E-state index < -0.39 is 0 Å². The molecular formula is C13H22N2O. The average molecular weight is 222 g/mol. The molecule has 0 aromatic rings. The summed E-state index contributed by atoms with van der Waals surface area (Å²) in [5.74, 6) is 0.443. The SMILES string of the molecule is CC(CC#N)N(C)C(=O)C1CCCCCC1. The van der Waals surface area contributed by atoms with Crippen molar-refractivity contribution < 1.29 is 4.79 Å². The minimum atomic E-state index is 0.0424. The van der Waals surface area contributed by atoms with Gasteiger partial charge in [-0.25, -0.2) is 0 Å². The molecule has 3 nitrogen and oxygen atoms in total. The summed E-state index contributed by atoms with van der Waals surface area (Å²) < 4.78 is 0. The van der Waals surface area contributed by atoms with E-state index in [2.05, 4.69) is 6.07 Å². The zero-order chi connectivity index (χ0) is 12.0. The van der Waals surface area contributed by atoms with Crippen LogP contribution in [-0.2, 0) is 4.79 Å². The molecule has 1 amide bonds. The smallest absolute Gasteiger partial charge is 0.225 e. The van der Waals surface area contributed by atoms with Gasteiger partial charge in [-0.2, -0.15) is 5.26 Å². The first-order valence-electron chi connectivity index (χ1n) is 6.30. The van der Waals surface area contributed by atoms with E-state index >= 15 is 0 Å². The van der Waals surface area contributed by atoms with Crippen LogP contribution in [0.2, 0.25) is 0 Å². The van der Waals surface area contributed by atoms with Crippen molar-refractivity contribution in [2.45, 2.75) is 57.9 Å². The molecule has 1 rings (SSSR count). The number of nitriles is 1. The van der Waals surface area contributed by atoms with Crippen molar-refractivity contribution in [3.63, 3.8) is 0 Å². The maximum Gasteiger partial charge on any atom is 0.225 e. The summed E-state index contributed by atoms with van der Waals surface area (Å²) in [7, 11) is 1.83. The molecule has 0 aromatic carbocycles. The fraction of sp³-hybridized carbons (Fsp3) is 0.846. The van der Waals surface area contributed by atoms with Gasteiger partial charge >= 0.3 is 0 Å². The minimum Gasteiger partial charge on any atom is -0.342 e. The Morgan fingerprint density at radius 1 is 1.38 bits per heavy atom. The number of carbonyl (C=O) groups excluding carboxylic acids is 1. The highest BCUT2D eigenvalue weighted by Crippen LogP contribution is 2.25. The van der Waals surface area contributed by atoms with Crippen LogP contribution in [0.1, 0.15) is 51.9 Å². The van der Waals surface area contributed by atoms with Crippen molar-refractivity contribution in [3.05, 3.63) is 0 Å². The summed E-state index contributed by atoms with van der Waals surface area (Å²) in [5, 5.41) is 8.63. The molecule has 90 valence electrons. The predicted octanol–water partition coefficient (Wildman–Crippen LogP) is 2.72. The Morgan fingerprint density at radius 2 is 1.94 bits per heavy atom. The van der Waals surface area contributed by atoms with Gasteiger partial charge in [0.2, 0.25) is 5.91 Å². The Balaban J connectivity index is 2.51. The van der Waals surface area contributed by atoms with Gasteiger partial charge in [0.15, 0.2) is 0 Å². The number of hydrogen-bond donors (Lipinski definition) is 0. The molecule has 0 heterocycles. The largest absolute Gasteiger partial charge is 0.342 e. The van der Waals surface area contributed by atoms with E-state index in [9.17, 15) is 4.79 Å². The minimum absolute atomic E-state index is 0.0424. The van der Waals surface area contributed by atoms with E-state index in [-0.39, 0.29) is 17.9 Å². The van der Waals surface area contributed by atoms with Gasteiger partial charge in [-0.3, -0.25) is 4.79 Å². The van der Waals surface area contributed by atoms with Gasteiger partial charge < -0.3 is 4.90 Å². The zero-order valence-corrected chi connectivity index (χ0v) is 10.4. The fourth-order valence-corrected chi connectivity index (χ4v) is 2.30. The molecule has 0 aromatic heterocycles. The van der Waals surface area contributed by atoms with E-state index in [1.165, 1.54) is 25.7 Å². The highest BCUT2D eigenvalue weighted by atomic mass is 16.2. The maximum absolute atomic E-state index is 12.2. The fourth-order valence-electron chi connectivity index (χ4n) is 2.30. The van der Waals surface area contributed by atoms with Gasteiger partial charge in [0.25, 0.3) is 0 Å². The third-order valence-electron chi connectivity index (χ3n) is 3.60. The third-order valence-corrected chi connectivity index (χ3v) is 3.60. The summed E-state index contributed by atoms with van der Waals surface area (Å²) in [6, 6.07) is 2.17. The standard InChI is InChI=1S/C13H22N2O/c1-11(9-10-14)15(2)13(16)12-7-5-3-4-6-8-12/h11-12H,3-9H2,1-2H3.